The van der Waals surface area contributed by atoms with Crippen LogP contribution in [0.5, 0.6) is 5.75 Å². The third kappa shape index (κ3) is 3.86. The molecule has 0 radical (unpaired) electrons. The molecule has 12 heteroatoms. The SMILES string of the molecule is O=C(OCCOc1c(F)cccc1F)C(O)(C(F)(F)F)C(F)(F)F. The van der Waals surface area contributed by atoms with Crippen molar-refractivity contribution in [3.63, 3.8) is 0 Å². The van der Waals surface area contributed by atoms with Crippen molar-refractivity contribution in [2.75, 3.05) is 13.2 Å². The first-order chi connectivity index (χ1) is 10.8. The van der Waals surface area contributed by atoms with Gasteiger partial charge >= 0.3 is 23.9 Å². The van der Waals surface area contributed by atoms with Crippen LogP contribution in [0.4, 0.5) is 35.1 Å². The van der Waals surface area contributed by atoms with Crippen molar-refractivity contribution in [1.82, 2.24) is 0 Å². The molecule has 1 aromatic rings. The van der Waals surface area contributed by atoms with Crippen LogP contribution >= 0.6 is 0 Å². The lowest BCUT2D eigenvalue weighted by Gasteiger charge is -2.29. The van der Waals surface area contributed by atoms with E-state index in [0.717, 1.165) is 18.2 Å². The van der Waals surface area contributed by atoms with Gasteiger partial charge in [0.1, 0.15) is 13.2 Å². The summed E-state index contributed by atoms with van der Waals surface area (Å²) in [6.45, 7) is -2.20. The van der Waals surface area contributed by atoms with E-state index in [4.69, 9.17) is 5.11 Å². The molecule has 1 N–H and O–H groups in total. The molecule has 0 saturated carbocycles. The molecule has 136 valence electrons. The third-order valence-electron chi connectivity index (χ3n) is 2.60. The fraction of sp³-hybridized carbons (Fsp3) is 0.417. The number of hydrogen-bond donors (Lipinski definition) is 1. The van der Waals surface area contributed by atoms with Gasteiger partial charge in [-0.05, 0) is 12.1 Å². The molecule has 0 spiro atoms. The smallest absolute Gasteiger partial charge is 0.437 e. The Balaban J connectivity index is 2.72. The van der Waals surface area contributed by atoms with Crippen LogP contribution in [0.3, 0.4) is 0 Å². The molecular weight excluding hydrogens is 360 g/mol. The molecule has 0 fully saturated rings. The van der Waals surface area contributed by atoms with Gasteiger partial charge in [-0.15, -0.1) is 0 Å². The van der Waals surface area contributed by atoms with Gasteiger partial charge in [0.05, 0.1) is 0 Å². The molecule has 4 nitrogen and oxygen atoms in total. The van der Waals surface area contributed by atoms with Crippen LogP contribution in [0, 0.1) is 11.6 Å². The Morgan fingerprint density at radius 3 is 1.83 bits per heavy atom. The molecule has 1 aromatic carbocycles. The first-order valence-corrected chi connectivity index (χ1v) is 5.92. The summed E-state index contributed by atoms with van der Waals surface area (Å²) in [7, 11) is 0. The van der Waals surface area contributed by atoms with Crippen molar-refractivity contribution in [2.45, 2.75) is 18.0 Å². The maximum Gasteiger partial charge on any atom is 0.437 e. The standard InChI is InChI=1S/C12H8F8O4/c13-6-2-1-3-7(14)8(6)23-4-5-24-9(21)10(22,11(15,16)17)12(18,19)20/h1-3,22H,4-5H2. The number of halogens is 8. The number of esters is 1. The summed E-state index contributed by atoms with van der Waals surface area (Å²) in [6, 6.07) is 2.53. The summed E-state index contributed by atoms with van der Waals surface area (Å²) in [5, 5.41) is 8.67. The van der Waals surface area contributed by atoms with E-state index in [1.165, 1.54) is 0 Å². The lowest BCUT2D eigenvalue weighted by Crippen LogP contribution is -2.63. The normalized spacial score (nSPS) is 12.9. The maximum absolute atomic E-state index is 13.1. The zero-order valence-corrected chi connectivity index (χ0v) is 11.3. The van der Waals surface area contributed by atoms with Crippen molar-refractivity contribution < 1.29 is 54.5 Å². The zero-order valence-electron chi connectivity index (χ0n) is 11.3. The van der Waals surface area contributed by atoms with Crippen LogP contribution in [0.1, 0.15) is 0 Å². The maximum atomic E-state index is 13.1. The summed E-state index contributed by atoms with van der Waals surface area (Å²) in [4.78, 5) is 11.0. The lowest BCUT2D eigenvalue weighted by atomic mass is 10.0. The van der Waals surface area contributed by atoms with Crippen LogP contribution in [0.25, 0.3) is 0 Å². The molecule has 0 bridgehead atoms. The minimum atomic E-state index is -6.39. The highest BCUT2D eigenvalue weighted by molar-refractivity contribution is 5.81. The molecule has 0 aromatic heterocycles. The summed E-state index contributed by atoms with van der Waals surface area (Å²) >= 11 is 0. The highest BCUT2D eigenvalue weighted by Crippen LogP contribution is 2.43. The van der Waals surface area contributed by atoms with Gasteiger partial charge in [0.15, 0.2) is 17.4 Å². The summed E-state index contributed by atoms with van der Waals surface area (Å²) in [5.41, 5.74) is -5.73. The number of benzene rings is 1. The molecule has 0 aliphatic rings. The summed E-state index contributed by atoms with van der Waals surface area (Å²) in [6.07, 6.45) is -12.8. The van der Waals surface area contributed by atoms with E-state index in [2.05, 4.69) is 9.47 Å². The van der Waals surface area contributed by atoms with Gasteiger partial charge in [-0.25, -0.2) is 13.6 Å². The number of hydrogen-bond acceptors (Lipinski definition) is 4. The van der Waals surface area contributed by atoms with E-state index in [0.29, 0.717) is 0 Å². The van der Waals surface area contributed by atoms with Gasteiger partial charge < -0.3 is 14.6 Å². The van der Waals surface area contributed by atoms with Crippen molar-refractivity contribution in [1.29, 1.82) is 0 Å². The third-order valence-corrected chi connectivity index (χ3v) is 2.60. The Morgan fingerprint density at radius 2 is 1.42 bits per heavy atom. The highest BCUT2D eigenvalue weighted by Gasteiger charge is 2.76. The van der Waals surface area contributed by atoms with Crippen molar-refractivity contribution in [3.8, 4) is 5.75 Å². The quantitative estimate of drug-likeness (QED) is 0.493. The second-order valence-corrected chi connectivity index (χ2v) is 4.24. The number of carbonyl (C=O) groups excluding carboxylic acids is 1. The van der Waals surface area contributed by atoms with Crippen molar-refractivity contribution in [2.24, 2.45) is 0 Å². The van der Waals surface area contributed by atoms with E-state index in [1.807, 2.05) is 0 Å². The molecule has 0 heterocycles. The number of ether oxygens (including phenoxy) is 2. The van der Waals surface area contributed by atoms with Crippen molar-refractivity contribution >= 4 is 5.97 Å². The van der Waals surface area contributed by atoms with Gasteiger partial charge in [0.25, 0.3) is 0 Å². The zero-order chi connectivity index (χ0) is 18.8. The lowest BCUT2D eigenvalue weighted by molar-refractivity contribution is -0.357. The average molecular weight is 368 g/mol. The van der Waals surface area contributed by atoms with Crippen LogP contribution in [-0.2, 0) is 9.53 Å². The minimum absolute atomic E-state index is 0.774. The Bertz CT molecular complexity index is 561. The Morgan fingerprint density at radius 1 is 0.958 bits per heavy atom. The van der Waals surface area contributed by atoms with Crippen LogP contribution in [0.15, 0.2) is 18.2 Å². The Hall–Kier alpha value is -2.11. The number of aliphatic hydroxyl groups is 1. The van der Waals surface area contributed by atoms with E-state index in [-0.39, 0.29) is 0 Å². The molecule has 0 unspecified atom stereocenters. The average Bonchev–Trinajstić information content (AvgIpc) is 2.42. The summed E-state index contributed by atoms with van der Waals surface area (Å²) < 4.78 is 108. The van der Waals surface area contributed by atoms with Gasteiger partial charge in [0.2, 0.25) is 0 Å². The number of alkyl halides is 6. The number of para-hydroxylation sites is 1. The predicted molar refractivity (Wildman–Crippen MR) is 59.9 cm³/mol. The highest BCUT2D eigenvalue weighted by atomic mass is 19.4. The second kappa shape index (κ2) is 6.79. The van der Waals surface area contributed by atoms with Gasteiger partial charge in [-0.3, -0.25) is 0 Å². The minimum Gasteiger partial charge on any atom is -0.484 e. The van der Waals surface area contributed by atoms with Crippen molar-refractivity contribution in [3.05, 3.63) is 29.8 Å². The fourth-order valence-corrected chi connectivity index (χ4v) is 1.40. The van der Waals surface area contributed by atoms with E-state index in [1.54, 1.807) is 0 Å². The van der Waals surface area contributed by atoms with Crippen LogP contribution in [0.2, 0.25) is 0 Å². The molecule has 0 saturated heterocycles. The predicted octanol–water partition coefficient (Wildman–Crippen LogP) is 2.74. The fourth-order valence-electron chi connectivity index (χ4n) is 1.40. The Labute approximate surface area is 128 Å². The van der Waals surface area contributed by atoms with Gasteiger partial charge in [0, 0.05) is 0 Å². The first-order valence-electron chi connectivity index (χ1n) is 5.92. The van der Waals surface area contributed by atoms with E-state index in [9.17, 15) is 39.9 Å². The van der Waals surface area contributed by atoms with Gasteiger partial charge in [-0.1, -0.05) is 6.07 Å². The van der Waals surface area contributed by atoms with Gasteiger partial charge in [-0.2, -0.15) is 26.3 Å². The topological polar surface area (TPSA) is 55.8 Å². The van der Waals surface area contributed by atoms with E-state index >= 15 is 0 Å². The summed E-state index contributed by atoms with van der Waals surface area (Å²) in [5.74, 6) is -6.39. The monoisotopic (exact) mass is 368 g/mol. The molecule has 0 amide bonds. The molecule has 0 atom stereocenters. The molecule has 0 aliphatic carbocycles. The molecule has 0 aliphatic heterocycles. The van der Waals surface area contributed by atoms with E-state index < -0.39 is 54.5 Å². The second-order valence-electron chi connectivity index (χ2n) is 4.24. The molecule has 1 rings (SSSR count). The van der Waals surface area contributed by atoms with Crippen LogP contribution in [-0.4, -0.2) is 42.2 Å². The van der Waals surface area contributed by atoms with Crippen LogP contribution < -0.4 is 4.74 Å². The first kappa shape index (κ1) is 19.9. The molecule has 24 heavy (non-hydrogen) atoms. The molecular formula is C12H8F8O4. The Kier molecular flexibility index (Phi) is 5.64. The number of rotatable bonds is 5. The number of carbonyl (C=O) groups is 1. The largest absolute Gasteiger partial charge is 0.484 e.